The summed E-state index contributed by atoms with van der Waals surface area (Å²) >= 11 is 1.82. The summed E-state index contributed by atoms with van der Waals surface area (Å²) in [6.07, 6.45) is 0. The summed E-state index contributed by atoms with van der Waals surface area (Å²) in [4.78, 5) is 16.3. The number of aromatic nitrogens is 5. The van der Waals surface area contributed by atoms with Crippen molar-refractivity contribution in [3.63, 3.8) is 0 Å². The zero-order valence-electron chi connectivity index (χ0n) is 33.7. The Hall–Kier alpha value is -8.19. The molecule has 0 amide bonds. The molecule has 14 rings (SSSR count). The Balaban J connectivity index is 1.16. The lowest BCUT2D eigenvalue weighted by Gasteiger charge is -2.16. The van der Waals surface area contributed by atoms with Crippen molar-refractivity contribution >= 4 is 107 Å². The molecule has 0 aliphatic carbocycles. The Labute approximate surface area is 364 Å². The maximum Gasteiger partial charge on any atom is 0.238 e. The summed E-state index contributed by atoms with van der Waals surface area (Å²) in [5, 5.41) is 14.5. The van der Waals surface area contributed by atoms with Crippen LogP contribution in [-0.2, 0) is 0 Å². The van der Waals surface area contributed by atoms with Gasteiger partial charge in [-0.1, -0.05) is 146 Å². The molecule has 0 aliphatic heterocycles. The lowest BCUT2D eigenvalue weighted by Crippen LogP contribution is -2.08. The highest BCUT2D eigenvalue weighted by molar-refractivity contribution is 7.26. The maximum atomic E-state index is 5.55. The zero-order valence-corrected chi connectivity index (χ0v) is 34.5. The molecule has 4 heterocycles. The van der Waals surface area contributed by atoms with Gasteiger partial charge in [0.2, 0.25) is 5.95 Å². The number of hydrogen-bond acceptors (Lipinski definition) is 4. The van der Waals surface area contributed by atoms with E-state index in [0.29, 0.717) is 17.6 Å². The largest absolute Gasteiger partial charge is 0.308 e. The number of nitrogens with zero attached hydrogens (tertiary/aromatic N) is 5. The molecular formula is C57H33N5S. The highest BCUT2D eigenvalue weighted by Crippen LogP contribution is 2.45. The molecule has 14 aromatic rings. The third kappa shape index (κ3) is 5.13. The van der Waals surface area contributed by atoms with E-state index in [2.05, 4.69) is 191 Å². The minimum absolute atomic E-state index is 0.573. The Morgan fingerprint density at radius 3 is 1.52 bits per heavy atom. The average molecular weight is 820 g/mol. The monoisotopic (exact) mass is 819 g/mol. The van der Waals surface area contributed by atoms with Crippen LogP contribution in [-0.4, -0.2) is 24.1 Å². The molecule has 4 aromatic heterocycles. The van der Waals surface area contributed by atoms with Gasteiger partial charge in [-0.15, -0.1) is 11.3 Å². The number of benzene rings is 10. The topological polar surface area (TPSA) is 48.5 Å². The van der Waals surface area contributed by atoms with E-state index in [1.807, 2.05) is 29.5 Å². The Morgan fingerprint density at radius 2 is 0.873 bits per heavy atom. The number of hydrogen-bond donors (Lipinski definition) is 0. The Kier molecular flexibility index (Phi) is 7.21. The van der Waals surface area contributed by atoms with Gasteiger partial charge in [0, 0.05) is 52.8 Å². The van der Waals surface area contributed by atoms with E-state index in [4.69, 9.17) is 15.0 Å². The number of para-hydroxylation sites is 2. The molecule has 0 atom stereocenters. The van der Waals surface area contributed by atoms with Crippen LogP contribution in [0, 0.1) is 0 Å². The Bertz CT molecular complexity index is 4070. The summed E-state index contributed by atoms with van der Waals surface area (Å²) in [7, 11) is 0. The highest BCUT2D eigenvalue weighted by atomic mass is 32.1. The average Bonchev–Trinajstić information content (AvgIpc) is 3.99. The van der Waals surface area contributed by atoms with Gasteiger partial charge in [-0.2, -0.15) is 9.97 Å². The molecule has 0 saturated heterocycles. The van der Waals surface area contributed by atoms with Crippen molar-refractivity contribution in [2.24, 2.45) is 0 Å². The summed E-state index contributed by atoms with van der Waals surface area (Å²) in [6.45, 7) is 0. The van der Waals surface area contributed by atoms with E-state index in [9.17, 15) is 0 Å². The number of thiophene rings is 1. The van der Waals surface area contributed by atoms with Gasteiger partial charge in [-0.25, -0.2) is 4.98 Å². The first-order chi connectivity index (χ1) is 31.2. The van der Waals surface area contributed by atoms with Crippen LogP contribution in [0.3, 0.4) is 0 Å². The van der Waals surface area contributed by atoms with Crippen LogP contribution >= 0.6 is 11.3 Å². The van der Waals surface area contributed by atoms with Crippen molar-refractivity contribution in [3.8, 4) is 34.4 Å². The van der Waals surface area contributed by atoms with Gasteiger partial charge in [-0.05, 0) is 86.9 Å². The third-order valence-electron chi connectivity index (χ3n) is 12.9. The molecule has 0 radical (unpaired) electrons. The number of rotatable bonds is 4. The van der Waals surface area contributed by atoms with E-state index in [-0.39, 0.29) is 0 Å². The third-order valence-corrected chi connectivity index (χ3v) is 14.0. The van der Waals surface area contributed by atoms with Gasteiger partial charge < -0.3 is 4.57 Å². The highest BCUT2D eigenvalue weighted by Gasteiger charge is 2.24. The van der Waals surface area contributed by atoms with Crippen molar-refractivity contribution in [3.05, 3.63) is 200 Å². The predicted octanol–water partition coefficient (Wildman–Crippen LogP) is 15.2. The summed E-state index contributed by atoms with van der Waals surface area (Å²) < 4.78 is 7.10. The van der Waals surface area contributed by atoms with Crippen LogP contribution < -0.4 is 0 Å². The van der Waals surface area contributed by atoms with Gasteiger partial charge in [0.15, 0.2) is 11.6 Å². The summed E-state index contributed by atoms with van der Waals surface area (Å²) in [5.41, 5.74) is 7.21. The van der Waals surface area contributed by atoms with Crippen molar-refractivity contribution < 1.29 is 0 Å². The first kappa shape index (κ1) is 34.5. The van der Waals surface area contributed by atoms with Crippen LogP contribution in [0.1, 0.15) is 0 Å². The SMILES string of the molecule is c1ccc(-c2nc(-c3cc4sc5ccc6ccccc6c5c4cc3-n3c4cc5ccccc5cc4c4cc5ccccc5cc43)nc(-n3c4ccccc4c4ccccc43)n2)cc1. The van der Waals surface area contributed by atoms with Gasteiger partial charge in [0.1, 0.15) is 0 Å². The molecule has 0 saturated carbocycles. The van der Waals surface area contributed by atoms with Gasteiger partial charge in [-0.3, -0.25) is 4.57 Å². The normalized spacial score (nSPS) is 12.1. The molecule has 63 heavy (non-hydrogen) atoms. The van der Waals surface area contributed by atoms with E-state index >= 15 is 0 Å². The minimum atomic E-state index is 0.573. The lowest BCUT2D eigenvalue weighted by molar-refractivity contribution is 0.952. The van der Waals surface area contributed by atoms with Gasteiger partial charge >= 0.3 is 0 Å². The second kappa shape index (κ2) is 13.2. The van der Waals surface area contributed by atoms with Crippen LogP contribution in [0.2, 0.25) is 0 Å². The molecule has 0 bridgehead atoms. The van der Waals surface area contributed by atoms with Gasteiger partial charge in [0.25, 0.3) is 0 Å². The lowest BCUT2D eigenvalue weighted by atomic mass is 10.0. The van der Waals surface area contributed by atoms with E-state index < -0.39 is 0 Å². The predicted molar refractivity (Wildman–Crippen MR) is 265 cm³/mol. The molecule has 292 valence electrons. The zero-order chi connectivity index (χ0) is 41.2. The second-order valence-corrected chi connectivity index (χ2v) is 17.5. The molecule has 0 spiro atoms. The minimum Gasteiger partial charge on any atom is -0.308 e. The molecular weight excluding hydrogens is 787 g/mol. The first-order valence-electron chi connectivity index (χ1n) is 21.3. The first-order valence-corrected chi connectivity index (χ1v) is 22.1. The molecule has 0 N–H and O–H groups in total. The standard InChI is InChI=1S/C57H33N5S/c1-2-15-35(16-3-1)55-58-56(60-57(59-55)62-47-24-12-10-22-41(47)42-23-11-13-25-48(42)62)45-33-53-46(54-40-21-9-8-14-34(40)26-27-52(54)63-53)32-51(45)61-49-30-38-19-6-4-17-36(38)28-43(49)44-29-37-18-5-7-20-39(37)31-50(44)61/h1-33H. The summed E-state index contributed by atoms with van der Waals surface area (Å²) in [5.74, 6) is 1.80. The van der Waals surface area contributed by atoms with Crippen LogP contribution in [0.15, 0.2) is 200 Å². The van der Waals surface area contributed by atoms with E-state index in [1.54, 1.807) is 0 Å². The van der Waals surface area contributed by atoms with Crippen molar-refractivity contribution in [1.82, 2.24) is 24.1 Å². The van der Waals surface area contributed by atoms with Crippen molar-refractivity contribution in [2.75, 3.05) is 0 Å². The Morgan fingerprint density at radius 1 is 0.333 bits per heavy atom. The second-order valence-electron chi connectivity index (χ2n) is 16.4. The summed E-state index contributed by atoms with van der Waals surface area (Å²) in [6, 6.07) is 72.2. The number of fused-ring (bicyclic) bond motifs is 13. The van der Waals surface area contributed by atoms with Crippen molar-refractivity contribution in [2.45, 2.75) is 0 Å². The smallest absolute Gasteiger partial charge is 0.238 e. The van der Waals surface area contributed by atoms with Crippen LogP contribution in [0.4, 0.5) is 0 Å². The molecule has 5 nitrogen and oxygen atoms in total. The quantitative estimate of drug-likeness (QED) is 0.178. The van der Waals surface area contributed by atoms with E-state index in [0.717, 1.165) is 49.7 Å². The molecule has 0 aliphatic rings. The van der Waals surface area contributed by atoms with Crippen molar-refractivity contribution in [1.29, 1.82) is 0 Å². The maximum absolute atomic E-state index is 5.55. The molecule has 0 fully saturated rings. The molecule has 10 aromatic carbocycles. The fraction of sp³-hybridized carbons (Fsp3) is 0. The van der Waals surface area contributed by atoms with Crippen LogP contribution in [0.25, 0.3) is 131 Å². The molecule has 0 unspecified atom stereocenters. The van der Waals surface area contributed by atoms with Crippen LogP contribution in [0.5, 0.6) is 0 Å². The van der Waals surface area contributed by atoms with E-state index in [1.165, 1.54) is 63.3 Å². The fourth-order valence-corrected chi connectivity index (χ4v) is 11.2. The molecule has 6 heteroatoms. The van der Waals surface area contributed by atoms with Gasteiger partial charge in [0.05, 0.1) is 27.8 Å². The fourth-order valence-electron chi connectivity index (χ4n) is 10.0.